The van der Waals surface area contributed by atoms with Gasteiger partial charge in [-0.25, -0.2) is 0 Å². The molecule has 9 nitrogen and oxygen atoms in total. The fraction of sp³-hybridized carbons (Fsp3) is 0.346. The number of primary amides is 1. The summed E-state index contributed by atoms with van der Waals surface area (Å²) >= 11 is 0. The van der Waals surface area contributed by atoms with Gasteiger partial charge in [0.05, 0.1) is 12.5 Å². The highest BCUT2D eigenvalue weighted by Gasteiger charge is 2.35. The lowest BCUT2D eigenvalue weighted by Crippen LogP contribution is -2.46. The van der Waals surface area contributed by atoms with Crippen molar-refractivity contribution in [3.8, 4) is 11.5 Å². The van der Waals surface area contributed by atoms with Crippen molar-refractivity contribution in [3.05, 3.63) is 91.9 Å². The van der Waals surface area contributed by atoms with E-state index >= 15 is 0 Å². The molecule has 3 aromatic rings. The van der Waals surface area contributed by atoms with E-state index in [2.05, 4.69) is 4.90 Å². The van der Waals surface area contributed by atoms with Crippen LogP contribution in [0.25, 0.3) is 0 Å². The number of nitrogens with two attached hydrogens (primary N) is 1. The third-order valence-corrected chi connectivity index (χ3v) is 6.95. The summed E-state index contributed by atoms with van der Waals surface area (Å²) in [5.74, 6) is -1.04. The molecule has 182 valence electrons. The van der Waals surface area contributed by atoms with Gasteiger partial charge in [0.2, 0.25) is 17.1 Å². The first kappa shape index (κ1) is 22.9. The molecule has 3 atom stereocenters. The molecule has 9 heteroatoms. The normalized spacial score (nSPS) is 20.2. The Morgan fingerprint density at radius 2 is 1.86 bits per heavy atom. The smallest absolute Gasteiger partial charge is 0.250 e. The van der Waals surface area contributed by atoms with E-state index in [1.165, 1.54) is 18.2 Å². The Kier molecular flexibility index (Phi) is 5.94. The molecule has 2 aromatic heterocycles. The second kappa shape index (κ2) is 9.07. The Balaban J connectivity index is 1.44. The molecule has 4 heterocycles. The first-order valence-corrected chi connectivity index (χ1v) is 11.6. The molecular formula is C26H27N3O6. The lowest BCUT2D eigenvalue weighted by Gasteiger charge is -2.42. The SMILES string of the molecule is NC(=O)C[C@H](c1ccc(O)cc1)c1oc(CN2C[C@H]3C[C@@H](C2)c2cccc(=O)n2C3)cc(=O)c1O. The van der Waals surface area contributed by atoms with Gasteiger partial charge in [-0.1, -0.05) is 18.2 Å². The zero-order valence-corrected chi connectivity index (χ0v) is 19.1. The molecule has 1 aromatic carbocycles. The zero-order chi connectivity index (χ0) is 24.7. The predicted molar refractivity (Wildman–Crippen MR) is 127 cm³/mol. The summed E-state index contributed by atoms with van der Waals surface area (Å²) in [5, 5.41) is 20.2. The van der Waals surface area contributed by atoms with Crippen LogP contribution in [0.2, 0.25) is 0 Å². The van der Waals surface area contributed by atoms with Gasteiger partial charge in [-0.05, 0) is 36.1 Å². The molecule has 35 heavy (non-hydrogen) atoms. The molecule has 2 aliphatic rings. The van der Waals surface area contributed by atoms with Gasteiger partial charge in [0.1, 0.15) is 11.5 Å². The number of hydrogen-bond donors (Lipinski definition) is 3. The summed E-state index contributed by atoms with van der Waals surface area (Å²) in [4.78, 5) is 38.9. The molecule has 4 N–H and O–H groups in total. The summed E-state index contributed by atoms with van der Waals surface area (Å²) in [5.41, 5.74) is 6.49. The number of hydrogen-bond acceptors (Lipinski definition) is 7. The topological polar surface area (TPSA) is 139 Å². The quantitative estimate of drug-likeness (QED) is 0.492. The van der Waals surface area contributed by atoms with Crippen LogP contribution in [0.4, 0.5) is 0 Å². The molecule has 0 unspecified atom stereocenters. The molecule has 1 amide bonds. The lowest BCUT2D eigenvalue weighted by molar-refractivity contribution is -0.118. The van der Waals surface area contributed by atoms with Gasteiger partial charge in [-0.2, -0.15) is 0 Å². The molecule has 0 spiro atoms. The number of pyridine rings is 1. The van der Waals surface area contributed by atoms with E-state index in [1.54, 1.807) is 24.3 Å². The van der Waals surface area contributed by atoms with Crippen LogP contribution in [-0.2, 0) is 17.9 Å². The van der Waals surface area contributed by atoms with E-state index in [-0.39, 0.29) is 29.4 Å². The second-order valence-electron chi connectivity index (χ2n) is 9.50. The van der Waals surface area contributed by atoms with Gasteiger partial charge in [0.15, 0.2) is 5.76 Å². The van der Waals surface area contributed by atoms with E-state index in [0.29, 0.717) is 36.9 Å². The average molecular weight is 478 g/mol. The standard InChI is InChI=1S/C26H27N3O6/c27-23(32)10-20(16-4-6-18(30)7-5-16)26-25(34)22(31)9-19(35-26)14-28-11-15-8-17(13-28)21-2-1-3-24(33)29(21)12-15/h1-7,9,15,17,20,30,34H,8,10-14H2,(H2,27,32)/t15-,17+,20-/m1/s1. The number of phenols is 1. The second-order valence-corrected chi connectivity index (χ2v) is 9.50. The maximum Gasteiger partial charge on any atom is 0.250 e. The van der Waals surface area contributed by atoms with Crippen LogP contribution in [0.1, 0.15) is 47.5 Å². The Morgan fingerprint density at radius 3 is 2.60 bits per heavy atom. The number of aromatic hydroxyl groups is 2. The molecule has 2 bridgehead atoms. The fourth-order valence-electron chi connectivity index (χ4n) is 5.48. The summed E-state index contributed by atoms with van der Waals surface area (Å²) in [6.45, 7) is 2.47. The highest BCUT2D eigenvalue weighted by Crippen LogP contribution is 2.37. The minimum Gasteiger partial charge on any atom is -0.508 e. The van der Waals surface area contributed by atoms with Gasteiger partial charge >= 0.3 is 0 Å². The van der Waals surface area contributed by atoms with Gasteiger partial charge in [0, 0.05) is 49.8 Å². The first-order valence-electron chi connectivity index (χ1n) is 11.6. The van der Waals surface area contributed by atoms with Crippen LogP contribution in [0.15, 0.2) is 62.5 Å². The number of carbonyl (C=O) groups is 1. The zero-order valence-electron chi connectivity index (χ0n) is 19.1. The van der Waals surface area contributed by atoms with Crippen molar-refractivity contribution >= 4 is 5.91 Å². The van der Waals surface area contributed by atoms with E-state index in [1.807, 2.05) is 10.6 Å². The Labute approximate surface area is 201 Å². The van der Waals surface area contributed by atoms with Crippen LogP contribution >= 0.6 is 0 Å². The molecule has 0 radical (unpaired) electrons. The maximum atomic E-state index is 12.7. The number of piperidine rings is 1. The lowest BCUT2D eigenvalue weighted by atomic mass is 9.83. The number of carbonyl (C=O) groups excluding carboxylic acids is 1. The highest BCUT2D eigenvalue weighted by molar-refractivity contribution is 5.75. The number of fused-ring (bicyclic) bond motifs is 4. The van der Waals surface area contributed by atoms with Crippen LogP contribution in [-0.4, -0.2) is 38.7 Å². The Hall–Kier alpha value is -3.85. The van der Waals surface area contributed by atoms with Crippen molar-refractivity contribution in [3.63, 3.8) is 0 Å². The van der Waals surface area contributed by atoms with Gasteiger partial charge < -0.3 is 24.9 Å². The van der Waals surface area contributed by atoms with Crippen LogP contribution in [0, 0.1) is 5.92 Å². The minimum atomic E-state index is -0.778. The van der Waals surface area contributed by atoms with Gasteiger partial charge in [-0.15, -0.1) is 0 Å². The summed E-state index contributed by atoms with van der Waals surface area (Å²) in [6, 6.07) is 12.8. The first-order chi connectivity index (χ1) is 16.8. The number of aromatic nitrogens is 1. The third kappa shape index (κ3) is 4.59. The summed E-state index contributed by atoms with van der Waals surface area (Å²) in [6.07, 6.45) is 0.830. The van der Waals surface area contributed by atoms with Crippen molar-refractivity contribution < 1.29 is 19.4 Å². The van der Waals surface area contributed by atoms with E-state index in [4.69, 9.17) is 10.2 Å². The Morgan fingerprint density at radius 1 is 1.09 bits per heavy atom. The highest BCUT2D eigenvalue weighted by atomic mass is 16.4. The predicted octanol–water partition coefficient (Wildman–Crippen LogP) is 1.84. The van der Waals surface area contributed by atoms with Crippen molar-refractivity contribution in [2.45, 2.75) is 37.8 Å². The van der Waals surface area contributed by atoms with E-state index in [9.17, 15) is 24.6 Å². The summed E-state index contributed by atoms with van der Waals surface area (Å²) < 4.78 is 7.90. The third-order valence-electron chi connectivity index (χ3n) is 6.95. The maximum absolute atomic E-state index is 12.7. The monoisotopic (exact) mass is 477 g/mol. The number of phenolic OH excluding ortho intramolecular Hbond substituents is 1. The van der Waals surface area contributed by atoms with E-state index < -0.39 is 23.0 Å². The number of nitrogens with zero attached hydrogens (tertiary/aromatic N) is 2. The molecule has 0 saturated carbocycles. The van der Waals surface area contributed by atoms with Crippen LogP contribution in [0.5, 0.6) is 11.5 Å². The van der Waals surface area contributed by atoms with Crippen molar-refractivity contribution in [1.82, 2.24) is 9.47 Å². The molecule has 0 aliphatic carbocycles. The van der Waals surface area contributed by atoms with Crippen LogP contribution in [0.3, 0.4) is 0 Å². The van der Waals surface area contributed by atoms with Crippen molar-refractivity contribution in [2.24, 2.45) is 11.7 Å². The van der Waals surface area contributed by atoms with Crippen molar-refractivity contribution in [2.75, 3.05) is 13.1 Å². The van der Waals surface area contributed by atoms with Gasteiger partial charge in [-0.3, -0.25) is 19.3 Å². The number of rotatable bonds is 6. The molecule has 1 fully saturated rings. The number of benzene rings is 1. The minimum absolute atomic E-state index is 0.0221. The van der Waals surface area contributed by atoms with Crippen LogP contribution < -0.4 is 16.7 Å². The molecule has 1 saturated heterocycles. The number of amides is 1. The summed E-state index contributed by atoms with van der Waals surface area (Å²) in [7, 11) is 0. The molecular weight excluding hydrogens is 450 g/mol. The molecule has 2 aliphatic heterocycles. The number of likely N-dealkylation sites (tertiary alicyclic amines) is 1. The van der Waals surface area contributed by atoms with E-state index in [0.717, 1.165) is 18.7 Å². The van der Waals surface area contributed by atoms with Crippen molar-refractivity contribution in [1.29, 1.82) is 0 Å². The fourth-order valence-corrected chi connectivity index (χ4v) is 5.48. The Bertz CT molecular complexity index is 1380. The van der Waals surface area contributed by atoms with Gasteiger partial charge in [0.25, 0.3) is 5.56 Å². The largest absolute Gasteiger partial charge is 0.508 e. The molecule has 5 rings (SSSR count). The average Bonchev–Trinajstić information content (AvgIpc) is 2.81.